The van der Waals surface area contributed by atoms with Gasteiger partial charge in [-0.25, -0.2) is 17.6 Å². The van der Waals surface area contributed by atoms with Gasteiger partial charge in [-0.15, -0.1) is 12.4 Å². The first-order valence-corrected chi connectivity index (χ1v) is 16.6. The minimum Gasteiger partial charge on any atom is -0.497 e. The Labute approximate surface area is 275 Å². The number of likely N-dealkylation sites (tertiary alicyclic amines) is 1. The number of piperidine rings is 1. The second-order valence-corrected chi connectivity index (χ2v) is 12.8. The van der Waals surface area contributed by atoms with Gasteiger partial charge in [-0.3, -0.25) is 9.62 Å². The summed E-state index contributed by atoms with van der Waals surface area (Å²) in [4.78, 5) is 17.7. The van der Waals surface area contributed by atoms with Crippen LogP contribution in [0.3, 0.4) is 0 Å². The van der Waals surface area contributed by atoms with Gasteiger partial charge in [0.15, 0.2) is 0 Å². The molecule has 0 saturated carbocycles. The minimum atomic E-state index is -3.33. The van der Waals surface area contributed by atoms with Gasteiger partial charge in [-0.1, -0.05) is 24.3 Å². The lowest BCUT2D eigenvalue weighted by Crippen LogP contribution is -2.48. The van der Waals surface area contributed by atoms with Crippen LogP contribution in [0.2, 0.25) is 0 Å². The maximum Gasteiger partial charge on any atom is 0.322 e. The van der Waals surface area contributed by atoms with Crippen molar-refractivity contribution in [3.05, 3.63) is 114 Å². The van der Waals surface area contributed by atoms with E-state index in [9.17, 15) is 17.6 Å². The number of sulfonamides is 1. The summed E-state index contributed by atoms with van der Waals surface area (Å²) in [6.45, 7) is 2.89. The Morgan fingerprint density at radius 3 is 1.91 bits per heavy atom. The number of benzene rings is 4. The van der Waals surface area contributed by atoms with Crippen LogP contribution in [0, 0.1) is 5.82 Å². The van der Waals surface area contributed by atoms with Gasteiger partial charge in [0.25, 0.3) is 0 Å². The molecule has 1 aliphatic rings. The average Bonchev–Trinajstić information content (AvgIpc) is 3.03. The molecule has 4 aromatic carbocycles. The second-order valence-electron chi connectivity index (χ2n) is 11.1. The molecule has 0 atom stereocenters. The third kappa shape index (κ3) is 10.1. The number of nitrogens with zero attached hydrogens (tertiary/aromatic N) is 2. The molecular formula is C34H38ClFN4O5S. The van der Waals surface area contributed by atoms with Gasteiger partial charge in [0.1, 0.15) is 23.1 Å². The zero-order chi connectivity index (χ0) is 31.8. The molecule has 0 radical (unpaired) electrons. The van der Waals surface area contributed by atoms with Crippen LogP contribution < -0.4 is 19.5 Å². The predicted octanol–water partition coefficient (Wildman–Crippen LogP) is 7.12. The van der Waals surface area contributed by atoms with E-state index in [0.717, 1.165) is 55.6 Å². The summed E-state index contributed by atoms with van der Waals surface area (Å²) in [6, 6.07) is 28.0. The Bertz CT molecular complexity index is 1670. The number of ether oxygens (including phenoxy) is 2. The zero-order valence-corrected chi connectivity index (χ0v) is 27.3. The fourth-order valence-electron chi connectivity index (χ4n) is 5.27. The summed E-state index contributed by atoms with van der Waals surface area (Å²) in [5, 5.41) is 2.94. The van der Waals surface area contributed by atoms with Crippen molar-refractivity contribution in [1.82, 2.24) is 9.80 Å². The molecule has 244 valence electrons. The number of rotatable bonds is 11. The first-order valence-electron chi connectivity index (χ1n) is 14.7. The number of hydrogen-bond donors (Lipinski definition) is 2. The Morgan fingerprint density at radius 2 is 1.35 bits per heavy atom. The van der Waals surface area contributed by atoms with E-state index in [1.165, 1.54) is 12.1 Å². The molecule has 46 heavy (non-hydrogen) atoms. The lowest BCUT2D eigenvalue weighted by Gasteiger charge is -2.38. The van der Waals surface area contributed by atoms with Crippen molar-refractivity contribution >= 4 is 39.8 Å². The monoisotopic (exact) mass is 668 g/mol. The lowest BCUT2D eigenvalue weighted by atomic mass is 10.0. The van der Waals surface area contributed by atoms with E-state index >= 15 is 0 Å². The summed E-state index contributed by atoms with van der Waals surface area (Å²) in [5.74, 6) is 1.69. The number of hydrogen-bond acceptors (Lipinski definition) is 6. The van der Waals surface area contributed by atoms with E-state index in [4.69, 9.17) is 9.47 Å². The maximum absolute atomic E-state index is 13.5. The van der Waals surface area contributed by atoms with Crippen molar-refractivity contribution < 1.29 is 27.1 Å². The molecule has 2 N–H and O–H groups in total. The number of methoxy groups -OCH3 is 1. The van der Waals surface area contributed by atoms with Gasteiger partial charge in [-0.05, 0) is 96.8 Å². The number of amides is 2. The minimum absolute atomic E-state index is 0. The summed E-state index contributed by atoms with van der Waals surface area (Å²) < 4.78 is 49.9. The molecule has 0 unspecified atom stereocenters. The van der Waals surface area contributed by atoms with Gasteiger partial charge < -0.3 is 19.7 Å². The van der Waals surface area contributed by atoms with Gasteiger partial charge in [0.2, 0.25) is 10.0 Å². The van der Waals surface area contributed by atoms with Gasteiger partial charge in [0.05, 0.1) is 13.4 Å². The molecule has 4 aromatic rings. The molecule has 0 aromatic heterocycles. The highest BCUT2D eigenvalue weighted by Crippen LogP contribution is 2.26. The van der Waals surface area contributed by atoms with Crippen LogP contribution in [-0.2, 0) is 23.1 Å². The Balaban J connectivity index is 0.00000480. The van der Waals surface area contributed by atoms with E-state index in [-0.39, 0.29) is 30.3 Å². The van der Waals surface area contributed by atoms with Gasteiger partial charge in [0, 0.05) is 43.6 Å². The standard InChI is InChI=1S/C34H37FN4O5S.ClH/c1-43-31-13-3-26(4-14-31)24-39(34(40)36-28-9-7-27(35)8-10-28)30-19-21-38(22-20-30)23-25-5-15-32(16-6-25)44-33-17-11-29(12-18-33)37-45(2,41)42;/h3-18,30,37H,19-24H2,1-2H3,(H,36,40);1H. The first-order chi connectivity index (χ1) is 21.6. The number of urea groups is 1. The van der Waals surface area contributed by atoms with E-state index in [2.05, 4.69) is 14.9 Å². The number of carbonyl (C=O) groups excluding carboxylic acids is 1. The summed E-state index contributed by atoms with van der Waals surface area (Å²) >= 11 is 0. The fraction of sp³-hybridized carbons (Fsp3) is 0.265. The molecule has 2 amide bonds. The molecule has 0 bridgehead atoms. The van der Waals surface area contributed by atoms with E-state index < -0.39 is 10.0 Å². The number of carbonyl (C=O) groups is 1. The van der Waals surface area contributed by atoms with Crippen LogP contribution >= 0.6 is 12.4 Å². The molecule has 12 heteroatoms. The largest absolute Gasteiger partial charge is 0.497 e. The normalized spacial score (nSPS) is 13.7. The van der Waals surface area contributed by atoms with Crippen LogP contribution in [0.1, 0.15) is 24.0 Å². The SMILES string of the molecule is COc1ccc(CN(C(=O)Nc2ccc(F)cc2)C2CCN(Cc3ccc(Oc4ccc(NS(C)(=O)=O)cc4)cc3)CC2)cc1.Cl. The van der Waals surface area contributed by atoms with E-state index in [0.29, 0.717) is 29.4 Å². The molecule has 1 aliphatic heterocycles. The second kappa shape index (κ2) is 15.8. The number of nitrogens with one attached hydrogen (secondary N) is 2. The van der Waals surface area contributed by atoms with E-state index in [1.807, 2.05) is 53.4 Å². The maximum atomic E-state index is 13.5. The number of anilines is 2. The third-order valence-electron chi connectivity index (χ3n) is 7.59. The van der Waals surface area contributed by atoms with Crippen LogP contribution in [0.15, 0.2) is 97.1 Å². The molecule has 5 rings (SSSR count). The highest BCUT2D eigenvalue weighted by atomic mass is 35.5. The number of halogens is 2. The summed E-state index contributed by atoms with van der Waals surface area (Å²) in [5.41, 5.74) is 3.17. The van der Waals surface area contributed by atoms with Crippen molar-refractivity contribution in [3.63, 3.8) is 0 Å². The van der Waals surface area contributed by atoms with Crippen molar-refractivity contribution in [2.75, 3.05) is 36.5 Å². The Morgan fingerprint density at radius 1 is 0.826 bits per heavy atom. The first kappa shape index (κ1) is 34.6. The molecule has 1 saturated heterocycles. The molecule has 0 aliphatic carbocycles. The van der Waals surface area contributed by atoms with Crippen molar-refractivity contribution in [1.29, 1.82) is 0 Å². The quantitative estimate of drug-likeness (QED) is 0.177. The van der Waals surface area contributed by atoms with Crippen LogP contribution in [0.25, 0.3) is 0 Å². The molecule has 9 nitrogen and oxygen atoms in total. The van der Waals surface area contributed by atoms with Crippen LogP contribution in [0.4, 0.5) is 20.6 Å². The predicted molar refractivity (Wildman–Crippen MR) is 181 cm³/mol. The highest BCUT2D eigenvalue weighted by Gasteiger charge is 2.28. The van der Waals surface area contributed by atoms with Crippen LogP contribution in [-0.4, -0.2) is 56.7 Å². The van der Waals surface area contributed by atoms with Crippen molar-refractivity contribution in [2.45, 2.75) is 32.0 Å². The Kier molecular flexibility index (Phi) is 11.9. The third-order valence-corrected chi connectivity index (χ3v) is 8.20. The summed E-state index contributed by atoms with van der Waals surface area (Å²) in [6.07, 6.45) is 2.74. The Hall–Kier alpha value is -4.32. The zero-order valence-electron chi connectivity index (χ0n) is 25.7. The molecule has 1 fully saturated rings. The van der Waals surface area contributed by atoms with E-state index in [1.54, 1.807) is 43.5 Å². The van der Waals surface area contributed by atoms with Gasteiger partial charge >= 0.3 is 6.03 Å². The van der Waals surface area contributed by atoms with Crippen molar-refractivity contribution in [2.24, 2.45) is 0 Å². The molecule has 1 heterocycles. The molecule has 0 spiro atoms. The molecular weight excluding hydrogens is 631 g/mol. The lowest BCUT2D eigenvalue weighted by molar-refractivity contribution is 0.120. The smallest absolute Gasteiger partial charge is 0.322 e. The fourth-order valence-corrected chi connectivity index (χ4v) is 5.84. The average molecular weight is 669 g/mol. The topological polar surface area (TPSA) is 100 Å². The summed E-state index contributed by atoms with van der Waals surface area (Å²) in [7, 11) is -1.71. The van der Waals surface area contributed by atoms with Crippen molar-refractivity contribution in [3.8, 4) is 17.2 Å². The highest BCUT2D eigenvalue weighted by molar-refractivity contribution is 7.92. The van der Waals surface area contributed by atoms with Gasteiger partial charge in [-0.2, -0.15) is 0 Å². The van der Waals surface area contributed by atoms with Crippen LogP contribution in [0.5, 0.6) is 17.2 Å².